The van der Waals surface area contributed by atoms with Crippen LogP contribution in [0.2, 0.25) is 0 Å². The summed E-state index contributed by atoms with van der Waals surface area (Å²) in [6, 6.07) is 8.48. The lowest BCUT2D eigenvalue weighted by atomic mass is 10.1. The van der Waals surface area contributed by atoms with Crippen molar-refractivity contribution in [1.82, 2.24) is 24.4 Å². The standard InChI is InChI=1S/C24H27F2N7O3S/c1-14-8-17(31(3)29-14)11-27-20-10-21(32-12-24(25,26)13-32)28-23-22(15(2)30-33(20)23)16-6-7-18(36-4)19(9-16)37(5,34)35/h6-10,27H,11-13H2,1-5H3. The van der Waals surface area contributed by atoms with Crippen LogP contribution < -0.4 is 15.0 Å². The van der Waals surface area contributed by atoms with E-state index < -0.39 is 28.8 Å². The highest BCUT2D eigenvalue weighted by Gasteiger charge is 2.44. The number of alkyl halides is 2. The van der Waals surface area contributed by atoms with Gasteiger partial charge in [0, 0.05) is 24.9 Å². The Labute approximate surface area is 212 Å². The molecule has 0 atom stereocenters. The Morgan fingerprint density at radius 1 is 1.14 bits per heavy atom. The van der Waals surface area contributed by atoms with Gasteiger partial charge in [-0.15, -0.1) is 0 Å². The Morgan fingerprint density at radius 3 is 2.46 bits per heavy atom. The molecule has 1 aromatic carbocycles. The summed E-state index contributed by atoms with van der Waals surface area (Å²) < 4.78 is 60.9. The molecule has 4 aromatic rings. The third-order valence-corrected chi connectivity index (χ3v) is 7.44. The molecule has 0 spiro atoms. The molecule has 196 valence electrons. The third kappa shape index (κ3) is 4.59. The Balaban J connectivity index is 1.65. The number of hydrogen-bond donors (Lipinski definition) is 1. The first kappa shape index (κ1) is 24.9. The SMILES string of the molecule is COc1ccc(-c2c(C)nn3c(NCc4cc(C)nn4C)cc(N4CC(F)(F)C4)nc23)cc1S(C)(=O)=O. The first-order valence-corrected chi connectivity index (χ1v) is 13.4. The zero-order valence-electron chi connectivity index (χ0n) is 21.1. The molecular weight excluding hydrogens is 504 g/mol. The van der Waals surface area contributed by atoms with Crippen LogP contribution in [0.5, 0.6) is 5.75 Å². The summed E-state index contributed by atoms with van der Waals surface area (Å²) in [5.74, 6) is -1.61. The molecule has 0 saturated carbocycles. The Kier molecular flexibility index (Phi) is 5.85. The molecule has 0 aliphatic carbocycles. The number of ether oxygens (including phenoxy) is 1. The first-order chi connectivity index (χ1) is 17.4. The van der Waals surface area contributed by atoms with Crippen LogP contribution in [0.25, 0.3) is 16.8 Å². The number of rotatable bonds is 7. The van der Waals surface area contributed by atoms with Gasteiger partial charge in [-0.1, -0.05) is 6.07 Å². The minimum absolute atomic E-state index is 0.0368. The van der Waals surface area contributed by atoms with E-state index in [9.17, 15) is 17.2 Å². The van der Waals surface area contributed by atoms with Crippen LogP contribution in [0.1, 0.15) is 17.1 Å². The molecule has 10 nitrogen and oxygen atoms in total. The maximum absolute atomic E-state index is 13.7. The Morgan fingerprint density at radius 2 is 1.86 bits per heavy atom. The fraction of sp³-hybridized carbons (Fsp3) is 0.375. The fourth-order valence-electron chi connectivity index (χ4n) is 4.54. The van der Waals surface area contributed by atoms with Gasteiger partial charge in [0.1, 0.15) is 22.3 Å². The molecule has 0 unspecified atom stereocenters. The molecule has 1 aliphatic heterocycles. The van der Waals surface area contributed by atoms with Crippen molar-refractivity contribution in [2.75, 3.05) is 36.7 Å². The number of fused-ring (bicyclic) bond motifs is 1. The predicted octanol–water partition coefficient (Wildman–Crippen LogP) is 3.23. The molecule has 1 N–H and O–H groups in total. The van der Waals surface area contributed by atoms with E-state index in [0.29, 0.717) is 40.6 Å². The topological polar surface area (TPSA) is 107 Å². The van der Waals surface area contributed by atoms with Gasteiger partial charge in [0.25, 0.3) is 5.92 Å². The molecular formula is C24H27F2N7O3S. The maximum Gasteiger partial charge on any atom is 0.282 e. The quantitative estimate of drug-likeness (QED) is 0.388. The molecule has 0 amide bonds. The maximum atomic E-state index is 13.7. The number of halogens is 2. The van der Waals surface area contributed by atoms with Crippen LogP contribution in [-0.4, -0.2) is 65.2 Å². The minimum Gasteiger partial charge on any atom is -0.495 e. The number of aromatic nitrogens is 5. The minimum atomic E-state index is -3.59. The van der Waals surface area contributed by atoms with Crippen LogP contribution >= 0.6 is 0 Å². The smallest absolute Gasteiger partial charge is 0.282 e. The van der Waals surface area contributed by atoms with Crippen molar-refractivity contribution in [3.8, 4) is 16.9 Å². The van der Waals surface area contributed by atoms with E-state index >= 15 is 0 Å². The zero-order chi connectivity index (χ0) is 26.7. The highest BCUT2D eigenvalue weighted by Crippen LogP contribution is 2.37. The number of hydrogen-bond acceptors (Lipinski definition) is 8. The Hall–Kier alpha value is -3.74. The molecule has 0 radical (unpaired) electrons. The highest BCUT2D eigenvalue weighted by atomic mass is 32.2. The molecule has 3 aromatic heterocycles. The number of anilines is 2. The lowest BCUT2D eigenvalue weighted by Crippen LogP contribution is -2.56. The molecule has 1 saturated heterocycles. The van der Waals surface area contributed by atoms with Gasteiger partial charge >= 0.3 is 0 Å². The summed E-state index contributed by atoms with van der Waals surface area (Å²) in [4.78, 5) is 6.22. The van der Waals surface area contributed by atoms with Crippen molar-refractivity contribution < 1.29 is 21.9 Å². The number of benzene rings is 1. The molecule has 0 bridgehead atoms. The lowest BCUT2D eigenvalue weighted by Gasteiger charge is -2.39. The van der Waals surface area contributed by atoms with Crippen molar-refractivity contribution in [1.29, 1.82) is 0 Å². The fourth-order valence-corrected chi connectivity index (χ4v) is 5.40. The van der Waals surface area contributed by atoms with Gasteiger partial charge in [0.05, 0.1) is 43.8 Å². The summed E-state index contributed by atoms with van der Waals surface area (Å²) >= 11 is 0. The second-order valence-corrected chi connectivity index (χ2v) is 11.3. The second kappa shape index (κ2) is 8.68. The van der Waals surface area contributed by atoms with Crippen molar-refractivity contribution in [2.24, 2.45) is 7.05 Å². The van der Waals surface area contributed by atoms with Gasteiger partial charge < -0.3 is 15.0 Å². The van der Waals surface area contributed by atoms with Crippen molar-refractivity contribution >= 4 is 27.1 Å². The van der Waals surface area contributed by atoms with Gasteiger partial charge in [-0.2, -0.15) is 14.7 Å². The normalized spacial score (nSPS) is 15.2. The van der Waals surface area contributed by atoms with Crippen molar-refractivity contribution in [3.05, 3.63) is 47.4 Å². The molecule has 13 heteroatoms. The van der Waals surface area contributed by atoms with E-state index in [1.54, 1.807) is 34.3 Å². The molecule has 1 aliphatic rings. The zero-order valence-corrected chi connectivity index (χ0v) is 21.9. The summed E-state index contributed by atoms with van der Waals surface area (Å²) in [5, 5.41) is 12.4. The van der Waals surface area contributed by atoms with E-state index in [1.165, 1.54) is 18.1 Å². The van der Waals surface area contributed by atoms with E-state index in [1.807, 2.05) is 20.0 Å². The van der Waals surface area contributed by atoms with Gasteiger partial charge in [-0.25, -0.2) is 22.2 Å². The molecule has 5 rings (SSSR count). The summed E-state index contributed by atoms with van der Waals surface area (Å²) in [7, 11) is -0.337. The van der Waals surface area contributed by atoms with E-state index in [2.05, 4.69) is 20.5 Å². The number of sulfone groups is 1. The van der Waals surface area contributed by atoms with Gasteiger partial charge in [-0.3, -0.25) is 4.68 Å². The summed E-state index contributed by atoms with van der Waals surface area (Å²) in [6.45, 7) is 3.25. The monoisotopic (exact) mass is 531 g/mol. The second-order valence-electron chi connectivity index (χ2n) is 9.30. The average Bonchev–Trinajstić information content (AvgIpc) is 3.31. The largest absolute Gasteiger partial charge is 0.495 e. The summed E-state index contributed by atoms with van der Waals surface area (Å²) in [6.07, 6.45) is 1.11. The number of nitrogens with zero attached hydrogens (tertiary/aromatic N) is 6. The van der Waals surface area contributed by atoms with E-state index in [0.717, 1.165) is 17.6 Å². The van der Waals surface area contributed by atoms with Crippen molar-refractivity contribution in [3.63, 3.8) is 0 Å². The molecule has 37 heavy (non-hydrogen) atoms. The first-order valence-electron chi connectivity index (χ1n) is 11.5. The predicted molar refractivity (Wildman–Crippen MR) is 135 cm³/mol. The number of aryl methyl sites for hydroxylation is 3. The molecule has 1 fully saturated rings. The number of nitrogens with one attached hydrogen (secondary N) is 1. The van der Waals surface area contributed by atoms with Gasteiger partial charge in [-0.05, 0) is 37.6 Å². The van der Waals surface area contributed by atoms with Crippen molar-refractivity contribution in [2.45, 2.75) is 31.2 Å². The van der Waals surface area contributed by atoms with Gasteiger partial charge in [0.2, 0.25) is 0 Å². The Bertz CT molecular complexity index is 1620. The van der Waals surface area contributed by atoms with Crippen LogP contribution in [0, 0.1) is 13.8 Å². The summed E-state index contributed by atoms with van der Waals surface area (Å²) in [5.41, 5.74) is 3.99. The average molecular weight is 532 g/mol. The van der Waals surface area contributed by atoms with Crippen LogP contribution in [-0.2, 0) is 23.4 Å². The van der Waals surface area contributed by atoms with E-state index in [4.69, 9.17) is 4.74 Å². The highest BCUT2D eigenvalue weighted by molar-refractivity contribution is 7.90. The third-order valence-electron chi connectivity index (χ3n) is 6.32. The molecule has 4 heterocycles. The van der Waals surface area contributed by atoms with Crippen LogP contribution in [0.3, 0.4) is 0 Å². The van der Waals surface area contributed by atoms with E-state index in [-0.39, 0.29) is 10.6 Å². The number of methoxy groups -OCH3 is 1. The van der Waals surface area contributed by atoms with Gasteiger partial charge in [0.15, 0.2) is 15.5 Å². The lowest BCUT2D eigenvalue weighted by molar-refractivity contribution is -0.0266. The van der Waals surface area contributed by atoms with Crippen LogP contribution in [0.15, 0.2) is 35.2 Å². The van der Waals surface area contributed by atoms with Crippen LogP contribution in [0.4, 0.5) is 20.4 Å².